The maximum Gasteiger partial charge on any atom is 0.0794 e. The summed E-state index contributed by atoms with van der Waals surface area (Å²) < 4.78 is 0. The highest BCUT2D eigenvalue weighted by atomic mass is 32.1. The summed E-state index contributed by atoms with van der Waals surface area (Å²) in [5.41, 5.74) is 1.95. The van der Waals surface area contributed by atoms with Crippen molar-refractivity contribution in [2.24, 2.45) is 5.92 Å². The zero-order valence-electron chi connectivity index (χ0n) is 10.1. The first-order chi connectivity index (χ1) is 7.86. The summed E-state index contributed by atoms with van der Waals surface area (Å²) in [6, 6.07) is 0.582. The molecule has 1 aliphatic heterocycles. The normalized spacial score (nSPS) is 27.1. The Morgan fingerprint density at radius 2 is 2.50 bits per heavy atom. The van der Waals surface area contributed by atoms with E-state index in [1.54, 1.807) is 11.3 Å². The van der Waals surface area contributed by atoms with Gasteiger partial charge in [-0.2, -0.15) is 0 Å². The van der Waals surface area contributed by atoms with E-state index < -0.39 is 0 Å². The van der Waals surface area contributed by atoms with Crippen LogP contribution in [0, 0.1) is 5.92 Å². The van der Waals surface area contributed by atoms with E-state index in [1.807, 2.05) is 11.7 Å². The van der Waals surface area contributed by atoms with Gasteiger partial charge in [0.25, 0.3) is 0 Å². The van der Waals surface area contributed by atoms with Gasteiger partial charge in [-0.3, -0.25) is 9.88 Å². The first-order valence-electron chi connectivity index (χ1n) is 6.13. The average molecular weight is 239 g/mol. The highest BCUT2D eigenvalue weighted by Crippen LogP contribution is 2.36. The van der Waals surface area contributed by atoms with Gasteiger partial charge in [-0.1, -0.05) is 6.92 Å². The van der Waals surface area contributed by atoms with E-state index in [-0.39, 0.29) is 0 Å². The summed E-state index contributed by atoms with van der Waals surface area (Å²) in [4.78, 5) is 8.26. The van der Waals surface area contributed by atoms with Gasteiger partial charge in [0.15, 0.2) is 0 Å². The lowest BCUT2D eigenvalue weighted by atomic mass is 9.88. The van der Waals surface area contributed by atoms with E-state index in [1.165, 1.54) is 24.3 Å². The molecule has 90 valence electrons. The standard InChI is InChI=1S/C12H21N3S/c1-3-15-6-4-5-10(7-13-2)12(15)11-8-14-9-16-11/h8-10,12-13H,3-7H2,1-2H3. The molecule has 1 aromatic heterocycles. The minimum atomic E-state index is 0.582. The van der Waals surface area contributed by atoms with Crippen molar-refractivity contribution in [3.63, 3.8) is 0 Å². The molecule has 2 rings (SSSR count). The van der Waals surface area contributed by atoms with Gasteiger partial charge in [0.05, 0.1) is 5.51 Å². The third kappa shape index (κ3) is 2.44. The summed E-state index contributed by atoms with van der Waals surface area (Å²) in [5, 5.41) is 3.33. The zero-order chi connectivity index (χ0) is 11.4. The average Bonchev–Trinajstić information content (AvgIpc) is 2.82. The van der Waals surface area contributed by atoms with Crippen LogP contribution in [0.3, 0.4) is 0 Å². The molecule has 0 saturated carbocycles. The molecule has 1 N–H and O–H groups in total. The van der Waals surface area contributed by atoms with E-state index in [0.29, 0.717) is 6.04 Å². The van der Waals surface area contributed by atoms with Crippen LogP contribution in [0.4, 0.5) is 0 Å². The fourth-order valence-electron chi connectivity index (χ4n) is 2.77. The molecule has 1 saturated heterocycles. The molecular weight excluding hydrogens is 218 g/mol. The minimum absolute atomic E-state index is 0.582. The van der Waals surface area contributed by atoms with Gasteiger partial charge in [0.2, 0.25) is 0 Å². The number of hydrogen-bond acceptors (Lipinski definition) is 4. The van der Waals surface area contributed by atoms with Crippen LogP contribution in [-0.4, -0.2) is 36.6 Å². The number of piperidine rings is 1. The smallest absolute Gasteiger partial charge is 0.0794 e. The Labute approximate surface area is 102 Å². The zero-order valence-corrected chi connectivity index (χ0v) is 11.0. The quantitative estimate of drug-likeness (QED) is 0.872. The van der Waals surface area contributed by atoms with E-state index in [9.17, 15) is 0 Å². The molecule has 1 aliphatic rings. The number of thiazole rings is 1. The van der Waals surface area contributed by atoms with Crippen LogP contribution in [-0.2, 0) is 0 Å². The summed E-state index contributed by atoms with van der Waals surface area (Å²) in [6.07, 6.45) is 4.71. The van der Waals surface area contributed by atoms with Crippen molar-refractivity contribution in [2.75, 3.05) is 26.7 Å². The Hall–Kier alpha value is -0.450. The predicted molar refractivity (Wildman–Crippen MR) is 68.8 cm³/mol. The maximum absolute atomic E-state index is 4.23. The fourth-order valence-corrected chi connectivity index (χ4v) is 3.61. The predicted octanol–water partition coefficient (Wildman–Crippen LogP) is 2.14. The highest BCUT2D eigenvalue weighted by molar-refractivity contribution is 7.09. The first-order valence-corrected chi connectivity index (χ1v) is 7.01. The number of rotatable bonds is 4. The molecule has 0 radical (unpaired) electrons. The third-order valence-electron chi connectivity index (χ3n) is 3.48. The lowest BCUT2D eigenvalue weighted by Gasteiger charge is -2.40. The monoisotopic (exact) mass is 239 g/mol. The molecule has 2 unspecified atom stereocenters. The van der Waals surface area contributed by atoms with Gasteiger partial charge in [0, 0.05) is 17.1 Å². The van der Waals surface area contributed by atoms with Gasteiger partial charge >= 0.3 is 0 Å². The molecule has 4 heteroatoms. The van der Waals surface area contributed by atoms with Crippen molar-refractivity contribution >= 4 is 11.3 Å². The van der Waals surface area contributed by atoms with E-state index in [0.717, 1.165) is 19.0 Å². The number of nitrogens with zero attached hydrogens (tertiary/aromatic N) is 2. The third-order valence-corrected chi connectivity index (χ3v) is 4.32. The van der Waals surface area contributed by atoms with Crippen LogP contribution in [0.1, 0.15) is 30.7 Å². The van der Waals surface area contributed by atoms with Crippen molar-refractivity contribution in [1.82, 2.24) is 15.2 Å². The van der Waals surface area contributed by atoms with Crippen LogP contribution in [0.2, 0.25) is 0 Å². The second-order valence-corrected chi connectivity index (χ2v) is 5.36. The SMILES string of the molecule is CCN1CCCC(CNC)C1c1cncs1. The molecule has 2 heterocycles. The molecule has 2 atom stereocenters. The van der Waals surface area contributed by atoms with Gasteiger partial charge in [0.1, 0.15) is 0 Å². The van der Waals surface area contributed by atoms with E-state index in [4.69, 9.17) is 0 Å². The second kappa shape index (κ2) is 5.75. The van der Waals surface area contributed by atoms with E-state index in [2.05, 4.69) is 29.2 Å². The Morgan fingerprint density at radius 1 is 1.62 bits per heavy atom. The Balaban J connectivity index is 2.17. The van der Waals surface area contributed by atoms with Crippen LogP contribution in [0.25, 0.3) is 0 Å². The van der Waals surface area contributed by atoms with Crippen molar-refractivity contribution in [2.45, 2.75) is 25.8 Å². The Bertz CT molecular complexity index is 297. The van der Waals surface area contributed by atoms with Crippen molar-refractivity contribution in [1.29, 1.82) is 0 Å². The van der Waals surface area contributed by atoms with Crippen LogP contribution in [0.5, 0.6) is 0 Å². The number of aromatic nitrogens is 1. The van der Waals surface area contributed by atoms with Gasteiger partial charge in [-0.15, -0.1) is 11.3 Å². The molecule has 0 bridgehead atoms. The van der Waals surface area contributed by atoms with Crippen LogP contribution in [0.15, 0.2) is 11.7 Å². The summed E-state index contributed by atoms with van der Waals surface area (Å²) in [5.74, 6) is 0.735. The summed E-state index contributed by atoms with van der Waals surface area (Å²) in [7, 11) is 2.05. The maximum atomic E-state index is 4.23. The molecule has 0 amide bonds. The van der Waals surface area contributed by atoms with Crippen LogP contribution < -0.4 is 5.32 Å². The van der Waals surface area contributed by atoms with Gasteiger partial charge in [-0.05, 0) is 45.4 Å². The van der Waals surface area contributed by atoms with Gasteiger partial charge < -0.3 is 5.32 Å². The molecular formula is C12H21N3S. The topological polar surface area (TPSA) is 28.2 Å². The number of likely N-dealkylation sites (tertiary alicyclic amines) is 1. The first kappa shape index (κ1) is 12.0. The van der Waals surface area contributed by atoms with E-state index >= 15 is 0 Å². The molecule has 3 nitrogen and oxygen atoms in total. The van der Waals surface area contributed by atoms with Crippen molar-refractivity contribution in [3.8, 4) is 0 Å². The van der Waals surface area contributed by atoms with Gasteiger partial charge in [-0.25, -0.2) is 0 Å². The minimum Gasteiger partial charge on any atom is -0.319 e. The molecule has 16 heavy (non-hydrogen) atoms. The Kier molecular flexibility index (Phi) is 4.32. The second-order valence-electron chi connectivity index (χ2n) is 4.44. The lowest BCUT2D eigenvalue weighted by molar-refractivity contribution is 0.101. The summed E-state index contributed by atoms with van der Waals surface area (Å²) >= 11 is 1.80. The highest BCUT2D eigenvalue weighted by Gasteiger charge is 2.32. The molecule has 0 spiro atoms. The fraction of sp³-hybridized carbons (Fsp3) is 0.750. The Morgan fingerprint density at radius 3 is 3.12 bits per heavy atom. The molecule has 0 aliphatic carbocycles. The number of hydrogen-bond donors (Lipinski definition) is 1. The molecule has 1 aromatic rings. The van der Waals surface area contributed by atoms with Crippen molar-refractivity contribution < 1.29 is 0 Å². The lowest BCUT2D eigenvalue weighted by Crippen LogP contribution is -2.41. The molecule has 0 aromatic carbocycles. The summed E-state index contributed by atoms with van der Waals surface area (Å²) in [6.45, 7) is 5.75. The van der Waals surface area contributed by atoms with Crippen molar-refractivity contribution in [3.05, 3.63) is 16.6 Å². The van der Waals surface area contributed by atoms with Crippen LogP contribution >= 0.6 is 11.3 Å². The largest absolute Gasteiger partial charge is 0.319 e. The molecule has 1 fully saturated rings. The number of nitrogens with one attached hydrogen (secondary N) is 1.